The van der Waals surface area contributed by atoms with Crippen molar-refractivity contribution < 1.29 is 0 Å². The fourth-order valence-corrected chi connectivity index (χ4v) is 1.31. The predicted molar refractivity (Wildman–Crippen MR) is 63.8 cm³/mol. The minimum Gasteiger partial charge on any atom is -0.397 e. The molecule has 0 saturated carbocycles. The van der Waals surface area contributed by atoms with Gasteiger partial charge in [-0.3, -0.25) is 0 Å². The van der Waals surface area contributed by atoms with Gasteiger partial charge in [-0.1, -0.05) is 36.7 Å². The molecule has 0 aliphatic carbocycles. The van der Waals surface area contributed by atoms with Crippen LogP contribution >= 0.6 is 11.6 Å². The van der Waals surface area contributed by atoms with Gasteiger partial charge in [-0.2, -0.15) is 0 Å². The van der Waals surface area contributed by atoms with Gasteiger partial charge in [0.1, 0.15) is 0 Å². The molecule has 0 atom stereocenters. The van der Waals surface area contributed by atoms with Gasteiger partial charge in [-0.05, 0) is 18.6 Å². The molecule has 0 bridgehead atoms. The molecule has 1 aromatic carbocycles. The highest BCUT2D eigenvalue weighted by molar-refractivity contribution is 6.33. The smallest absolute Gasteiger partial charge is 0.0765 e. The highest BCUT2D eigenvalue weighted by Gasteiger charge is 2.03. The van der Waals surface area contributed by atoms with Crippen LogP contribution in [0.15, 0.2) is 30.4 Å². The summed E-state index contributed by atoms with van der Waals surface area (Å²) >= 11 is 5.98. The van der Waals surface area contributed by atoms with E-state index in [1.54, 1.807) is 0 Å². The minimum absolute atomic E-state index is 0.647. The highest BCUT2D eigenvalue weighted by Crippen LogP contribution is 2.27. The van der Waals surface area contributed by atoms with Crippen molar-refractivity contribution in [3.05, 3.63) is 35.4 Å². The van der Waals surface area contributed by atoms with Crippen LogP contribution in [0.2, 0.25) is 5.02 Å². The van der Waals surface area contributed by atoms with E-state index in [1.807, 2.05) is 18.2 Å². The number of nitrogen functional groups attached to an aromatic ring is 1. The molecule has 0 aliphatic heterocycles. The highest BCUT2D eigenvalue weighted by atomic mass is 35.5. The second-order valence-electron chi connectivity index (χ2n) is 3.16. The van der Waals surface area contributed by atoms with Crippen LogP contribution in [0, 0.1) is 0 Å². The lowest BCUT2D eigenvalue weighted by molar-refractivity contribution is 1.05. The average Bonchev–Trinajstić information content (AvgIpc) is 2.16. The molecule has 0 heterocycles. The second-order valence-corrected chi connectivity index (χ2v) is 3.57. The van der Waals surface area contributed by atoms with E-state index in [2.05, 4.69) is 18.8 Å². The molecule has 2 nitrogen and oxygen atoms in total. The van der Waals surface area contributed by atoms with Crippen molar-refractivity contribution in [2.24, 2.45) is 0 Å². The Bertz CT molecular complexity index is 314. The van der Waals surface area contributed by atoms with Crippen molar-refractivity contribution in [1.29, 1.82) is 0 Å². The summed E-state index contributed by atoms with van der Waals surface area (Å²) in [6, 6.07) is 5.47. The third-order valence-electron chi connectivity index (χ3n) is 2.06. The van der Waals surface area contributed by atoms with Crippen molar-refractivity contribution in [3.63, 3.8) is 0 Å². The van der Waals surface area contributed by atoms with Gasteiger partial charge in [-0.25, -0.2) is 0 Å². The van der Waals surface area contributed by atoms with E-state index in [-0.39, 0.29) is 0 Å². The number of hydrogen-bond acceptors (Lipinski definition) is 2. The Labute approximate surface area is 89.8 Å². The molecule has 3 N–H and O–H groups in total. The van der Waals surface area contributed by atoms with E-state index in [0.29, 0.717) is 17.3 Å². The van der Waals surface area contributed by atoms with Crippen molar-refractivity contribution >= 4 is 23.0 Å². The van der Waals surface area contributed by atoms with Gasteiger partial charge in [0, 0.05) is 6.54 Å². The van der Waals surface area contributed by atoms with E-state index in [4.69, 9.17) is 17.3 Å². The van der Waals surface area contributed by atoms with Gasteiger partial charge >= 0.3 is 0 Å². The topological polar surface area (TPSA) is 38.0 Å². The molecular formula is C11H15ClN2. The maximum Gasteiger partial charge on any atom is 0.0765 e. The summed E-state index contributed by atoms with van der Waals surface area (Å²) in [5, 5.41) is 3.82. The maximum absolute atomic E-state index is 5.98. The Kier molecular flexibility index (Phi) is 3.84. The van der Waals surface area contributed by atoms with E-state index in [0.717, 1.165) is 17.7 Å². The maximum atomic E-state index is 5.98. The van der Waals surface area contributed by atoms with E-state index in [1.165, 1.54) is 0 Å². The molecule has 0 aromatic heterocycles. The summed E-state index contributed by atoms with van der Waals surface area (Å²) in [6.45, 7) is 6.68. The number of para-hydroxylation sites is 1. The molecule has 0 spiro atoms. The van der Waals surface area contributed by atoms with Crippen LogP contribution < -0.4 is 11.1 Å². The summed E-state index contributed by atoms with van der Waals surface area (Å²) < 4.78 is 0. The summed E-state index contributed by atoms with van der Waals surface area (Å²) in [7, 11) is 0. The van der Waals surface area contributed by atoms with Crippen LogP contribution in [0.5, 0.6) is 0 Å². The number of halogens is 1. The van der Waals surface area contributed by atoms with E-state index < -0.39 is 0 Å². The SMILES string of the molecule is C=C(CC)CNc1c(N)cccc1Cl. The summed E-state index contributed by atoms with van der Waals surface area (Å²) in [4.78, 5) is 0. The first kappa shape index (κ1) is 10.9. The molecule has 0 aliphatic rings. The third kappa shape index (κ3) is 2.67. The minimum atomic E-state index is 0.647. The molecule has 0 radical (unpaired) electrons. The van der Waals surface area contributed by atoms with Crippen LogP contribution in [0.1, 0.15) is 13.3 Å². The summed E-state index contributed by atoms with van der Waals surface area (Å²) in [6.07, 6.45) is 0.956. The monoisotopic (exact) mass is 210 g/mol. The first-order valence-electron chi connectivity index (χ1n) is 4.59. The van der Waals surface area contributed by atoms with Crippen molar-refractivity contribution in [3.8, 4) is 0 Å². The molecule has 0 amide bonds. The van der Waals surface area contributed by atoms with E-state index >= 15 is 0 Å². The summed E-state index contributed by atoms with van der Waals surface area (Å²) in [5.41, 5.74) is 8.36. The first-order chi connectivity index (χ1) is 6.65. The van der Waals surface area contributed by atoms with Crippen molar-refractivity contribution in [1.82, 2.24) is 0 Å². The zero-order valence-corrected chi connectivity index (χ0v) is 9.06. The molecule has 3 heteroatoms. The quantitative estimate of drug-likeness (QED) is 0.591. The lowest BCUT2D eigenvalue weighted by Gasteiger charge is -2.11. The average molecular weight is 211 g/mol. The zero-order chi connectivity index (χ0) is 10.6. The molecule has 14 heavy (non-hydrogen) atoms. The van der Waals surface area contributed by atoms with Crippen LogP contribution in [-0.4, -0.2) is 6.54 Å². The molecule has 1 rings (SSSR count). The van der Waals surface area contributed by atoms with Gasteiger partial charge in [0.2, 0.25) is 0 Å². The Hall–Kier alpha value is -1.15. The zero-order valence-electron chi connectivity index (χ0n) is 8.31. The standard InChI is InChI=1S/C11H15ClN2/c1-3-8(2)7-14-11-9(12)5-4-6-10(11)13/h4-6,14H,2-3,7,13H2,1H3. The number of nitrogens with one attached hydrogen (secondary N) is 1. The molecule has 1 aromatic rings. The van der Waals surface area contributed by atoms with Crippen molar-refractivity contribution in [2.75, 3.05) is 17.6 Å². The number of hydrogen-bond donors (Lipinski definition) is 2. The van der Waals surface area contributed by atoms with Crippen LogP contribution in [0.4, 0.5) is 11.4 Å². The Morgan fingerprint density at radius 3 is 2.86 bits per heavy atom. The Balaban J connectivity index is 2.71. The molecule has 0 saturated heterocycles. The third-order valence-corrected chi connectivity index (χ3v) is 2.38. The molecule has 0 unspecified atom stereocenters. The number of rotatable bonds is 4. The van der Waals surface area contributed by atoms with Crippen LogP contribution in [0.25, 0.3) is 0 Å². The van der Waals surface area contributed by atoms with Gasteiger partial charge < -0.3 is 11.1 Å². The Morgan fingerprint density at radius 1 is 1.57 bits per heavy atom. The molecular weight excluding hydrogens is 196 g/mol. The largest absolute Gasteiger partial charge is 0.397 e. The second kappa shape index (κ2) is 4.91. The van der Waals surface area contributed by atoms with Gasteiger partial charge in [0.25, 0.3) is 0 Å². The first-order valence-corrected chi connectivity index (χ1v) is 4.97. The normalized spacial score (nSPS) is 9.86. The van der Waals surface area contributed by atoms with E-state index in [9.17, 15) is 0 Å². The fourth-order valence-electron chi connectivity index (χ4n) is 1.07. The predicted octanol–water partition coefficient (Wildman–Crippen LogP) is 3.30. The number of anilines is 2. The molecule has 0 fully saturated rings. The Morgan fingerprint density at radius 2 is 2.29 bits per heavy atom. The summed E-state index contributed by atoms with van der Waals surface area (Å²) in [5.74, 6) is 0. The fraction of sp³-hybridized carbons (Fsp3) is 0.273. The number of nitrogens with two attached hydrogens (primary N) is 1. The number of benzene rings is 1. The lowest BCUT2D eigenvalue weighted by atomic mass is 10.2. The van der Waals surface area contributed by atoms with Crippen LogP contribution in [0.3, 0.4) is 0 Å². The van der Waals surface area contributed by atoms with Gasteiger partial charge in [-0.15, -0.1) is 0 Å². The van der Waals surface area contributed by atoms with Gasteiger partial charge in [0.15, 0.2) is 0 Å². The molecule has 76 valence electrons. The van der Waals surface area contributed by atoms with Crippen molar-refractivity contribution in [2.45, 2.75) is 13.3 Å². The lowest BCUT2D eigenvalue weighted by Crippen LogP contribution is -2.06. The van der Waals surface area contributed by atoms with Gasteiger partial charge in [0.05, 0.1) is 16.4 Å². The van der Waals surface area contributed by atoms with Crippen LogP contribution in [-0.2, 0) is 0 Å².